The first kappa shape index (κ1) is 13.2. The lowest BCUT2D eigenvalue weighted by Gasteiger charge is -2.08. The molecular weight excluding hydrogens is 266 g/mol. The summed E-state index contributed by atoms with van der Waals surface area (Å²) in [6, 6.07) is 11.6. The minimum Gasteiger partial charge on any atom is -0.464 e. The van der Waals surface area contributed by atoms with Crippen LogP contribution in [0.15, 0.2) is 48.8 Å². The predicted octanol–water partition coefficient (Wildman–Crippen LogP) is 2.96. The van der Waals surface area contributed by atoms with Crippen molar-refractivity contribution in [3.63, 3.8) is 0 Å². The van der Waals surface area contributed by atoms with Crippen LogP contribution in [0.3, 0.4) is 0 Å². The third-order valence-corrected chi connectivity index (χ3v) is 3.30. The van der Waals surface area contributed by atoms with Crippen LogP contribution in [-0.2, 0) is 11.3 Å². The number of aromatic amines is 1. The lowest BCUT2D eigenvalue weighted by atomic mass is 10.1. The number of H-pyrrole nitrogens is 1. The number of nitrogens with zero attached hydrogens (tertiary/aromatic N) is 1. The van der Waals surface area contributed by atoms with Gasteiger partial charge in [-0.25, -0.2) is 4.79 Å². The fraction of sp³-hybridized carbons (Fsp3) is 0.125. The van der Waals surface area contributed by atoms with Crippen LogP contribution in [0.1, 0.15) is 16.2 Å². The SMILES string of the molecule is COC(=O)c1ccc(CNc2cccc3cnccc23)[nH]1. The monoisotopic (exact) mass is 281 g/mol. The van der Waals surface area contributed by atoms with Crippen LogP contribution >= 0.6 is 0 Å². The van der Waals surface area contributed by atoms with Crippen LogP contribution in [0.2, 0.25) is 0 Å². The van der Waals surface area contributed by atoms with Gasteiger partial charge in [-0.2, -0.15) is 0 Å². The smallest absolute Gasteiger partial charge is 0.354 e. The first-order valence-electron chi connectivity index (χ1n) is 6.61. The van der Waals surface area contributed by atoms with Crippen molar-refractivity contribution in [2.75, 3.05) is 12.4 Å². The molecule has 0 spiro atoms. The number of esters is 1. The van der Waals surface area contributed by atoms with E-state index in [-0.39, 0.29) is 5.97 Å². The molecule has 0 fully saturated rings. The number of aromatic nitrogens is 2. The highest BCUT2D eigenvalue weighted by atomic mass is 16.5. The highest BCUT2D eigenvalue weighted by Gasteiger charge is 2.08. The number of nitrogens with one attached hydrogen (secondary N) is 2. The summed E-state index contributed by atoms with van der Waals surface area (Å²) >= 11 is 0. The number of hydrogen-bond acceptors (Lipinski definition) is 4. The van der Waals surface area contributed by atoms with Crippen molar-refractivity contribution in [2.45, 2.75) is 6.54 Å². The van der Waals surface area contributed by atoms with E-state index in [2.05, 4.69) is 20.0 Å². The van der Waals surface area contributed by atoms with Gasteiger partial charge in [-0.1, -0.05) is 12.1 Å². The van der Waals surface area contributed by atoms with Crippen molar-refractivity contribution in [1.29, 1.82) is 0 Å². The Hall–Kier alpha value is -2.82. The number of ether oxygens (including phenoxy) is 1. The van der Waals surface area contributed by atoms with Crippen LogP contribution in [0, 0.1) is 0 Å². The third kappa shape index (κ3) is 2.72. The van der Waals surface area contributed by atoms with Crippen molar-refractivity contribution in [2.24, 2.45) is 0 Å². The van der Waals surface area contributed by atoms with E-state index in [4.69, 9.17) is 0 Å². The fourth-order valence-electron chi connectivity index (χ4n) is 2.24. The normalized spacial score (nSPS) is 10.5. The minimum absolute atomic E-state index is 0.363. The molecule has 2 N–H and O–H groups in total. The van der Waals surface area contributed by atoms with Crippen LogP contribution in [0.5, 0.6) is 0 Å². The topological polar surface area (TPSA) is 67.0 Å². The van der Waals surface area contributed by atoms with Gasteiger partial charge in [0, 0.05) is 34.5 Å². The average molecular weight is 281 g/mol. The molecular formula is C16H15N3O2. The number of hydrogen-bond donors (Lipinski definition) is 2. The van der Waals surface area contributed by atoms with Gasteiger partial charge in [0.1, 0.15) is 5.69 Å². The number of anilines is 1. The maximum atomic E-state index is 11.4. The Bertz CT molecular complexity index is 775. The Morgan fingerprint density at radius 3 is 3.05 bits per heavy atom. The zero-order chi connectivity index (χ0) is 14.7. The standard InChI is InChI=1S/C16H15N3O2/c1-21-16(20)15-6-5-12(19-15)10-18-14-4-2-3-11-9-17-8-7-13(11)14/h2-9,18-19H,10H2,1H3. The summed E-state index contributed by atoms with van der Waals surface area (Å²) in [6.45, 7) is 0.596. The molecule has 1 aromatic carbocycles. The van der Waals surface area contributed by atoms with E-state index < -0.39 is 0 Å². The van der Waals surface area contributed by atoms with Gasteiger partial charge in [0.15, 0.2) is 0 Å². The molecule has 5 heteroatoms. The molecule has 0 bridgehead atoms. The van der Waals surface area contributed by atoms with Crippen molar-refractivity contribution < 1.29 is 9.53 Å². The molecule has 0 unspecified atom stereocenters. The predicted molar refractivity (Wildman–Crippen MR) is 81.2 cm³/mol. The summed E-state index contributed by atoms with van der Waals surface area (Å²) in [5.74, 6) is -0.363. The van der Waals surface area contributed by atoms with E-state index in [0.717, 1.165) is 22.2 Å². The molecule has 3 aromatic rings. The van der Waals surface area contributed by atoms with Gasteiger partial charge in [-0.05, 0) is 24.3 Å². The van der Waals surface area contributed by atoms with Gasteiger partial charge < -0.3 is 15.0 Å². The van der Waals surface area contributed by atoms with E-state index >= 15 is 0 Å². The summed E-state index contributed by atoms with van der Waals surface area (Å²) < 4.78 is 4.67. The Labute approximate surface area is 122 Å². The zero-order valence-electron chi connectivity index (χ0n) is 11.6. The van der Waals surface area contributed by atoms with Gasteiger partial charge in [-0.15, -0.1) is 0 Å². The van der Waals surface area contributed by atoms with E-state index in [9.17, 15) is 4.79 Å². The molecule has 2 aromatic heterocycles. The summed E-state index contributed by atoms with van der Waals surface area (Å²) in [5.41, 5.74) is 2.40. The lowest BCUT2D eigenvalue weighted by molar-refractivity contribution is 0.0594. The fourth-order valence-corrected chi connectivity index (χ4v) is 2.24. The average Bonchev–Trinajstić information content (AvgIpc) is 3.01. The first-order valence-corrected chi connectivity index (χ1v) is 6.61. The van der Waals surface area contributed by atoms with Gasteiger partial charge in [0.2, 0.25) is 0 Å². The number of pyridine rings is 1. The number of rotatable bonds is 4. The Balaban J connectivity index is 1.77. The molecule has 0 aliphatic carbocycles. The molecule has 106 valence electrons. The minimum atomic E-state index is -0.363. The second-order valence-corrected chi connectivity index (χ2v) is 4.64. The van der Waals surface area contributed by atoms with Crippen LogP contribution in [0.4, 0.5) is 5.69 Å². The number of carbonyl (C=O) groups excluding carboxylic acids is 1. The maximum absolute atomic E-state index is 11.4. The summed E-state index contributed by atoms with van der Waals surface area (Å²) in [5, 5.41) is 5.57. The van der Waals surface area contributed by atoms with Crippen molar-refractivity contribution in [1.82, 2.24) is 9.97 Å². The number of methoxy groups -OCH3 is 1. The maximum Gasteiger partial charge on any atom is 0.354 e. The molecule has 0 aliphatic rings. The number of fused-ring (bicyclic) bond motifs is 1. The molecule has 0 amide bonds. The number of benzene rings is 1. The highest BCUT2D eigenvalue weighted by Crippen LogP contribution is 2.22. The second-order valence-electron chi connectivity index (χ2n) is 4.64. The van der Waals surface area contributed by atoms with Crippen LogP contribution < -0.4 is 5.32 Å². The quantitative estimate of drug-likeness (QED) is 0.721. The molecule has 0 atom stereocenters. The Kier molecular flexibility index (Phi) is 3.55. The van der Waals surface area contributed by atoms with Gasteiger partial charge in [0.05, 0.1) is 13.7 Å². The van der Waals surface area contributed by atoms with Gasteiger partial charge in [-0.3, -0.25) is 4.98 Å². The molecule has 0 radical (unpaired) electrons. The van der Waals surface area contributed by atoms with E-state index in [0.29, 0.717) is 12.2 Å². The molecule has 0 saturated heterocycles. The molecule has 0 saturated carbocycles. The third-order valence-electron chi connectivity index (χ3n) is 3.30. The Morgan fingerprint density at radius 1 is 1.29 bits per heavy atom. The second kappa shape index (κ2) is 5.66. The molecule has 5 nitrogen and oxygen atoms in total. The lowest BCUT2D eigenvalue weighted by Crippen LogP contribution is -2.04. The van der Waals surface area contributed by atoms with Gasteiger partial charge in [0.25, 0.3) is 0 Å². The summed E-state index contributed by atoms with van der Waals surface area (Å²) in [7, 11) is 1.37. The number of carbonyl (C=O) groups is 1. The molecule has 21 heavy (non-hydrogen) atoms. The van der Waals surface area contributed by atoms with Crippen molar-refractivity contribution in [3.8, 4) is 0 Å². The van der Waals surface area contributed by atoms with E-state index in [1.54, 1.807) is 12.3 Å². The van der Waals surface area contributed by atoms with Crippen LogP contribution in [-0.4, -0.2) is 23.0 Å². The molecule has 3 rings (SSSR count). The molecule has 0 aliphatic heterocycles. The summed E-state index contributed by atoms with van der Waals surface area (Å²) in [4.78, 5) is 18.5. The van der Waals surface area contributed by atoms with Crippen molar-refractivity contribution in [3.05, 3.63) is 60.2 Å². The molecule has 2 heterocycles. The van der Waals surface area contributed by atoms with E-state index in [1.807, 2.05) is 36.5 Å². The van der Waals surface area contributed by atoms with E-state index in [1.165, 1.54) is 7.11 Å². The zero-order valence-corrected chi connectivity index (χ0v) is 11.6. The van der Waals surface area contributed by atoms with Gasteiger partial charge >= 0.3 is 5.97 Å². The Morgan fingerprint density at radius 2 is 2.19 bits per heavy atom. The largest absolute Gasteiger partial charge is 0.464 e. The highest BCUT2D eigenvalue weighted by molar-refractivity contribution is 5.93. The van der Waals surface area contributed by atoms with Crippen molar-refractivity contribution >= 4 is 22.4 Å². The summed E-state index contributed by atoms with van der Waals surface area (Å²) in [6.07, 6.45) is 3.61. The first-order chi connectivity index (χ1) is 10.3. The van der Waals surface area contributed by atoms with Crippen LogP contribution in [0.25, 0.3) is 10.8 Å².